The first kappa shape index (κ1) is 17.9. The first-order valence-electron chi connectivity index (χ1n) is 8.29. The molecule has 1 N–H and O–H groups in total. The molecule has 0 saturated heterocycles. The van der Waals surface area contributed by atoms with Gasteiger partial charge >= 0.3 is 0 Å². The van der Waals surface area contributed by atoms with Gasteiger partial charge in [-0.15, -0.1) is 0 Å². The summed E-state index contributed by atoms with van der Waals surface area (Å²) >= 11 is 0. The highest BCUT2D eigenvalue weighted by atomic mass is 15.2. The van der Waals surface area contributed by atoms with E-state index in [1.807, 2.05) is 0 Å². The molecule has 3 nitrogen and oxygen atoms in total. The number of hydrogen-bond donors (Lipinski definition) is 1. The predicted octanol–water partition coefficient (Wildman–Crippen LogP) is 2.96. The lowest BCUT2D eigenvalue weighted by atomic mass is 9.75. The van der Waals surface area contributed by atoms with Crippen LogP contribution in [-0.4, -0.2) is 61.2 Å². The Morgan fingerprint density at radius 2 is 1.75 bits per heavy atom. The number of nitrogens with zero attached hydrogens (tertiary/aromatic N) is 2. The van der Waals surface area contributed by atoms with Crippen molar-refractivity contribution < 1.29 is 0 Å². The van der Waals surface area contributed by atoms with Crippen LogP contribution in [-0.2, 0) is 0 Å². The lowest BCUT2D eigenvalue weighted by molar-refractivity contribution is 0.0170. The minimum Gasteiger partial charge on any atom is -0.312 e. The van der Waals surface area contributed by atoms with Crippen LogP contribution in [0.4, 0.5) is 0 Å². The van der Waals surface area contributed by atoms with E-state index in [1.165, 1.54) is 38.6 Å². The Balaban J connectivity index is 2.27. The molecule has 0 heterocycles. The molecule has 0 aliphatic heterocycles. The van der Waals surface area contributed by atoms with Gasteiger partial charge < -0.3 is 15.1 Å². The van der Waals surface area contributed by atoms with E-state index in [1.54, 1.807) is 0 Å². The molecule has 1 fully saturated rings. The van der Waals surface area contributed by atoms with Crippen LogP contribution in [0.25, 0.3) is 0 Å². The van der Waals surface area contributed by atoms with Crippen LogP contribution in [0.15, 0.2) is 0 Å². The number of rotatable bonds is 8. The van der Waals surface area contributed by atoms with Gasteiger partial charge in [0.2, 0.25) is 0 Å². The Kier molecular flexibility index (Phi) is 6.49. The van der Waals surface area contributed by atoms with Gasteiger partial charge in [-0.05, 0) is 87.5 Å². The van der Waals surface area contributed by atoms with Crippen molar-refractivity contribution in [1.82, 2.24) is 15.1 Å². The highest BCUT2D eigenvalue weighted by Crippen LogP contribution is 2.37. The zero-order chi connectivity index (χ0) is 15.4. The molecule has 0 aromatic heterocycles. The van der Waals surface area contributed by atoms with Gasteiger partial charge in [-0.2, -0.15) is 0 Å². The van der Waals surface area contributed by atoms with Crippen LogP contribution < -0.4 is 5.32 Å². The van der Waals surface area contributed by atoms with E-state index in [0.717, 1.165) is 6.54 Å². The summed E-state index contributed by atoms with van der Waals surface area (Å²) in [6.45, 7) is 11.4. The van der Waals surface area contributed by atoms with Gasteiger partial charge in [0.15, 0.2) is 0 Å². The van der Waals surface area contributed by atoms with E-state index >= 15 is 0 Å². The monoisotopic (exact) mass is 283 g/mol. The van der Waals surface area contributed by atoms with Crippen molar-refractivity contribution >= 4 is 0 Å². The van der Waals surface area contributed by atoms with Crippen molar-refractivity contribution in [3.8, 4) is 0 Å². The fraction of sp³-hybridized carbons (Fsp3) is 1.00. The summed E-state index contributed by atoms with van der Waals surface area (Å²) < 4.78 is 0. The third kappa shape index (κ3) is 5.34. The molecule has 1 rings (SSSR count). The van der Waals surface area contributed by atoms with E-state index in [0.29, 0.717) is 11.6 Å². The summed E-state index contributed by atoms with van der Waals surface area (Å²) in [6, 6.07) is 0.675. The van der Waals surface area contributed by atoms with Crippen LogP contribution in [0.2, 0.25) is 0 Å². The molecule has 0 bridgehead atoms. The van der Waals surface area contributed by atoms with Crippen LogP contribution in [0.3, 0.4) is 0 Å². The Morgan fingerprint density at radius 1 is 1.15 bits per heavy atom. The maximum absolute atomic E-state index is 3.58. The molecule has 1 saturated carbocycles. The lowest BCUT2D eigenvalue weighted by Crippen LogP contribution is -2.57. The van der Waals surface area contributed by atoms with Gasteiger partial charge in [-0.25, -0.2) is 0 Å². The zero-order valence-electron chi connectivity index (χ0n) is 14.9. The van der Waals surface area contributed by atoms with E-state index in [2.05, 4.69) is 64.0 Å². The zero-order valence-corrected chi connectivity index (χ0v) is 14.9. The summed E-state index contributed by atoms with van der Waals surface area (Å²) in [4.78, 5) is 5.01. The lowest BCUT2D eigenvalue weighted by Gasteiger charge is -2.50. The molecule has 20 heavy (non-hydrogen) atoms. The van der Waals surface area contributed by atoms with Crippen molar-refractivity contribution in [3.63, 3.8) is 0 Å². The van der Waals surface area contributed by atoms with Crippen LogP contribution in [0.5, 0.6) is 0 Å². The second-order valence-electron chi connectivity index (χ2n) is 8.06. The van der Waals surface area contributed by atoms with Crippen LogP contribution >= 0.6 is 0 Å². The Bertz CT molecular complexity index is 276. The van der Waals surface area contributed by atoms with E-state index in [4.69, 9.17) is 0 Å². The SMILES string of the molecule is CC(CCCNC(C)(C)C)N(C)CC1(N(C)C)CCC1. The van der Waals surface area contributed by atoms with Gasteiger partial charge in [0.05, 0.1) is 0 Å². The first-order chi connectivity index (χ1) is 9.16. The summed E-state index contributed by atoms with van der Waals surface area (Å²) in [5.41, 5.74) is 0.697. The maximum Gasteiger partial charge on any atom is 0.0330 e. The van der Waals surface area contributed by atoms with Gasteiger partial charge in [-0.3, -0.25) is 0 Å². The third-order valence-corrected chi connectivity index (χ3v) is 4.98. The van der Waals surface area contributed by atoms with Crippen molar-refractivity contribution in [3.05, 3.63) is 0 Å². The molecular weight excluding hydrogens is 246 g/mol. The highest BCUT2D eigenvalue weighted by Gasteiger charge is 2.40. The largest absolute Gasteiger partial charge is 0.312 e. The average molecular weight is 284 g/mol. The molecule has 120 valence electrons. The van der Waals surface area contributed by atoms with E-state index in [9.17, 15) is 0 Å². The first-order valence-corrected chi connectivity index (χ1v) is 8.29. The molecular formula is C17H37N3. The molecule has 3 heteroatoms. The van der Waals surface area contributed by atoms with E-state index in [-0.39, 0.29) is 5.54 Å². The Labute approximate surface area is 127 Å². The molecule has 1 aliphatic carbocycles. The molecule has 0 amide bonds. The molecule has 1 atom stereocenters. The number of nitrogens with one attached hydrogen (secondary N) is 1. The minimum atomic E-state index is 0.246. The van der Waals surface area contributed by atoms with Crippen molar-refractivity contribution in [2.45, 2.75) is 76.9 Å². The quantitative estimate of drug-likeness (QED) is 0.691. The maximum atomic E-state index is 3.58. The molecule has 1 unspecified atom stereocenters. The predicted molar refractivity (Wildman–Crippen MR) is 89.4 cm³/mol. The van der Waals surface area contributed by atoms with Crippen molar-refractivity contribution in [2.75, 3.05) is 34.2 Å². The van der Waals surface area contributed by atoms with Crippen molar-refractivity contribution in [1.29, 1.82) is 0 Å². The molecule has 0 spiro atoms. The second kappa shape index (κ2) is 7.24. The number of hydrogen-bond acceptors (Lipinski definition) is 3. The third-order valence-electron chi connectivity index (χ3n) is 4.98. The molecule has 0 aromatic rings. The standard InChI is InChI=1S/C17H37N3/c1-15(10-8-13-18-16(2,3)4)20(7)14-17(19(5)6)11-9-12-17/h15,18H,8-14H2,1-7H3. The normalized spacial score (nSPS) is 20.2. The van der Waals surface area contributed by atoms with Gasteiger partial charge in [0.25, 0.3) is 0 Å². The Hall–Kier alpha value is -0.120. The minimum absolute atomic E-state index is 0.246. The molecule has 0 radical (unpaired) electrons. The summed E-state index contributed by atoms with van der Waals surface area (Å²) in [5.74, 6) is 0. The summed E-state index contributed by atoms with van der Waals surface area (Å²) in [5, 5.41) is 3.58. The molecule has 1 aliphatic rings. The van der Waals surface area contributed by atoms with E-state index < -0.39 is 0 Å². The topological polar surface area (TPSA) is 18.5 Å². The fourth-order valence-corrected chi connectivity index (χ4v) is 3.03. The van der Waals surface area contributed by atoms with Gasteiger partial charge in [0, 0.05) is 23.7 Å². The van der Waals surface area contributed by atoms with Crippen molar-refractivity contribution in [2.24, 2.45) is 0 Å². The summed E-state index contributed by atoms with van der Waals surface area (Å²) in [7, 11) is 6.78. The van der Waals surface area contributed by atoms with Gasteiger partial charge in [0.1, 0.15) is 0 Å². The van der Waals surface area contributed by atoms with Crippen LogP contribution in [0.1, 0.15) is 59.8 Å². The molecule has 0 aromatic carbocycles. The fourth-order valence-electron chi connectivity index (χ4n) is 3.03. The average Bonchev–Trinajstić information content (AvgIpc) is 2.26. The highest BCUT2D eigenvalue weighted by molar-refractivity contribution is 4.98. The summed E-state index contributed by atoms with van der Waals surface area (Å²) in [6.07, 6.45) is 6.67. The second-order valence-corrected chi connectivity index (χ2v) is 8.06. The van der Waals surface area contributed by atoms with Crippen LogP contribution in [0, 0.1) is 0 Å². The van der Waals surface area contributed by atoms with Gasteiger partial charge in [-0.1, -0.05) is 0 Å². The smallest absolute Gasteiger partial charge is 0.0330 e. The number of likely N-dealkylation sites (N-methyl/N-ethyl adjacent to an activating group) is 2. The Morgan fingerprint density at radius 3 is 2.15 bits per heavy atom.